The molecule has 0 saturated heterocycles. The average Bonchev–Trinajstić information content (AvgIpc) is 2.52. The Morgan fingerprint density at radius 3 is 2.22 bits per heavy atom. The number of rotatable bonds is 5. The zero-order chi connectivity index (χ0) is 18.8. The largest absolute Gasteiger partial charge is 1.00 e. The van der Waals surface area contributed by atoms with Crippen molar-refractivity contribution in [3.63, 3.8) is 0 Å². The van der Waals surface area contributed by atoms with E-state index in [1.54, 1.807) is 0 Å². The number of nitro benzene ring substituents is 1. The van der Waals surface area contributed by atoms with Crippen molar-refractivity contribution in [3.8, 4) is 5.75 Å². The minimum absolute atomic E-state index is 0. The zero-order valence-electron chi connectivity index (χ0n) is 14.0. The first kappa shape index (κ1) is 25.6. The predicted octanol–water partition coefficient (Wildman–Crippen LogP) is -4.31. The Morgan fingerprint density at radius 1 is 1.07 bits per heavy atom. The summed E-state index contributed by atoms with van der Waals surface area (Å²) in [4.78, 5) is 19.7. The summed E-state index contributed by atoms with van der Waals surface area (Å²) in [5.74, 6) is -2.25. The molecule has 0 atom stereocenters. The second kappa shape index (κ2) is 10.2. The van der Waals surface area contributed by atoms with Crippen LogP contribution in [0.3, 0.4) is 0 Å². The smallest absolute Gasteiger partial charge is 0.872 e. The van der Waals surface area contributed by atoms with Gasteiger partial charge in [0.1, 0.15) is 15.8 Å². The van der Waals surface area contributed by atoms with Crippen LogP contribution in [0.25, 0.3) is 0 Å². The van der Waals surface area contributed by atoms with Crippen LogP contribution in [0.4, 0.5) is 17.1 Å². The van der Waals surface area contributed by atoms with E-state index in [1.165, 1.54) is 0 Å². The van der Waals surface area contributed by atoms with Gasteiger partial charge < -0.3 is 14.8 Å². The van der Waals surface area contributed by atoms with Gasteiger partial charge in [0.05, 0.1) is 21.1 Å². The van der Waals surface area contributed by atoms with Crippen LogP contribution >= 0.6 is 0 Å². The number of azo groups is 1. The Kier molecular flexibility index (Phi) is 9.72. The minimum atomic E-state index is -5.07. The average molecular weight is 411 g/mol. The molecular formula is C13H7N3Na2O8S. The fourth-order valence-corrected chi connectivity index (χ4v) is 2.39. The molecule has 14 heteroatoms. The maximum Gasteiger partial charge on any atom is 1.00 e. The van der Waals surface area contributed by atoms with Gasteiger partial charge in [-0.15, -0.1) is 5.11 Å². The van der Waals surface area contributed by atoms with Crippen molar-refractivity contribution in [2.45, 2.75) is 4.90 Å². The van der Waals surface area contributed by atoms with Crippen molar-refractivity contribution in [2.75, 3.05) is 0 Å². The fourth-order valence-electron chi connectivity index (χ4n) is 1.76. The van der Waals surface area contributed by atoms with Gasteiger partial charge in [0.2, 0.25) is 0 Å². The summed E-state index contributed by atoms with van der Waals surface area (Å²) in [5, 5.41) is 37.9. The zero-order valence-corrected chi connectivity index (χ0v) is 18.8. The van der Waals surface area contributed by atoms with E-state index < -0.39 is 48.6 Å². The maximum absolute atomic E-state index is 11.3. The molecule has 0 amide bonds. The molecule has 0 unspecified atom stereocenters. The third-order valence-electron chi connectivity index (χ3n) is 2.89. The molecule has 2 aromatic rings. The Bertz CT molecular complexity index is 1010. The molecule has 0 bridgehead atoms. The molecule has 0 aromatic heterocycles. The molecular weight excluding hydrogens is 404 g/mol. The van der Waals surface area contributed by atoms with Gasteiger partial charge in [-0.25, -0.2) is 13.2 Å². The first-order chi connectivity index (χ1) is 11.6. The first-order valence-electron chi connectivity index (χ1n) is 6.30. The number of carboxylic acids is 1. The number of nitrogens with zero attached hydrogens (tertiary/aromatic N) is 3. The molecule has 0 saturated carbocycles. The number of non-ortho nitro benzene ring substituents is 1. The van der Waals surface area contributed by atoms with Gasteiger partial charge in [-0.1, -0.05) is 11.8 Å². The normalized spacial score (nSPS) is 10.7. The quantitative estimate of drug-likeness (QED) is 0.168. The molecule has 1 N–H and O–H groups in total. The molecule has 0 heterocycles. The molecule has 2 rings (SSSR count). The minimum Gasteiger partial charge on any atom is -0.872 e. The Balaban J connectivity index is 0.00000338. The van der Waals surface area contributed by atoms with Crippen LogP contribution in [0, 0.1) is 10.1 Å². The number of carboxylic acid groups (broad SMARTS) is 1. The number of hydrogen-bond acceptors (Lipinski definition) is 9. The summed E-state index contributed by atoms with van der Waals surface area (Å²) in [7, 11) is -5.07. The van der Waals surface area contributed by atoms with Crippen LogP contribution in [-0.4, -0.2) is 29.0 Å². The topological polar surface area (TPSA) is 185 Å². The van der Waals surface area contributed by atoms with Gasteiger partial charge in [0.25, 0.3) is 5.69 Å². The summed E-state index contributed by atoms with van der Waals surface area (Å²) < 4.78 is 33.7. The van der Waals surface area contributed by atoms with Crippen LogP contribution in [0.2, 0.25) is 0 Å². The Hall–Kier alpha value is -1.38. The van der Waals surface area contributed by atoms with Crippen molar-refractivity contribution >= 4 is 33.1 Å². The number of hydrogen-bond donors (Lipinski definition) is 1. The summed E-state index contributed by atoms with van der Waals surface area (Å²) >= 11 is 0. The number of benzene rings is 2. The van der Waals surface area contributed by atoms with E-state index in [2.05, 4.69) is 10.2 Å². The van der Waals surface area contributed by atoms with Crippen molar-refractivity contribution in [1.29, 1.82) is 0 Å². The summed E-state index contributed by atoms with van der Waals surface area (Å²) in [6, 6.07) is 5.35. The van der Waals surface area contributed by atoms with E-state index in [4.69, 9.17) is 5.11 Å². The van der Waals surface area contributed by atoms with Crippen molar-refractivity contribution in [1.82, 2.24) is 0 Å². The predicted molar refractivity (Wildman–Crippen MR) is 78.1 cm³/mol. The second-order valence-corrected chi connectivity index (χ2v) is 5.90. The van der Waals surface area contributed by atoms with Crippen LogP contribution < -0.4 is 64.2 Å². The van der Waals surface area contributed by atoms with E-state index in [9.17, 15) is 33.0 Å². The molecule has 0 spiro atoms. The number of aromatic carboxylic acids is 1. The summed E-state index contributed by atoms with van der Waals surface area (Å²) in [6.45, 7) is 0. The van der Waals surface area contributed by atoms with E-state index in [1.807, 2.05) is 0 Å². The summed E-state index contributed by atoms with van der Waals surface area (Å²) in [6.07, 6.45) is 0. The first-order valence-corrected chi connectivity index (χ1v) is 7.71. The third-order valence-corrected chi connectivity index (χ3v) is 3.76. The molecule has 0 aliphatic heterocycles. The Morgan fingerprint density at radius 2 is 1.70 bits per heavy atom. The number of nitro groups is 1. The fraction of sp³-hybridized carbons (Fsp3) is 0. The molecule has 2 aromatic carbocycles. The van der Waals surface area contributed by atoms with E-state index >= 15 is 0 Å². The standard InChI is InChI=1S/C13H9N3O8S.2Na/c17-11-4-1-7(5-9(11)13(18)19)14-15-10-3-2-8(16(20)21)6-12(10)25(22,23)24;;/h1-6,17H,(H,18,19)(H,22,23,24);;/q;2*+1/p-2. The van der Waals surface area contributed by atoms with Gasteiger partial charge in [-0.3, -0.25) is 10.1 Å². The molecule has 11 nitrogen and oxygen atoms in total. The molecule has 0 radical (unpaired) electrons. The van der Waals surface area contributed by atoms with Crippen LogP contribution in [0.1, 0.15) is 10.4 Å². The van der Waals surface area contributed by atoms with Gasteiger partial charge in [-0.2, -0.15) is 5.11 Å². The maximum atomic E-state index is 11.3. The SMILES string of the molecule is O=C(O)c1cc(N=Nc2ccc([N+](=O)[O-])cc2S(=O)(=O)[O-])ccc1[O-].[Na+].[Na+]. The van der Waals surface area contributed by atoms with E-state index in [-0.39, 0.29) is 64.8 Å². The van der Waals surface area contributed by atoms with Crippen molar-refractivity contribution in [2.24, 2.45) is 10.2 Å². The molecule has 130 valence electrons. The van der Waals surface area contributed by atoms with Crippen LogP contribution in [-0.2, 0) is 10.1 Å². The summed E-state index contributed by atoms with van der Waals surface area (Å²) in [5.41, 5.74) is -1.76. The second-order valence-electron chi connectivity index (χ2n) is 4.55. The molecule has 27 heavy (non-hydrogen) atoms. The Labute approximate surface area is 196 Å². The van der Waals surface area contributed by atoms with Crippen molar-refractivity contribution in [3.05, 3.63) is 52.1 Å². The monoisotopic (exact) mass is 411 g/mol. The van der Waals surface area contributed by atoms with Gasteiger partial charge >= 0.3 is 65.1 Å². The number of carbonyl (C=O) groups is 1. The van der Waals surface area contributed by atoms with E-state index in [0.29, 0.717) is 6.07 Å². The van der Waals surface area contributed by atoms with Crippen molar-refractivity contribution < 1.29 is 92.0 Å². The van der Waals surface area contributed by atoms with Gasteiger partial charge in [0.15, 0.2) is 0 Å². The van der Waals surface area contributed by atoms with Crippen LogP contribution in [0.5, 0.6) is 5.75 Å². The third kappa shape index (κ3) is 6.62. The van der Waals surface area contributed by atoms with Gasteiger partial charge in [0, 0.05) is 12.1 Å². The van der Waals surface area contributed by atoms with Gasteiger partial charge in [-0.05, 0) is 18.2 Å². The van der Waals surface area contributed by atoms with E-state index in [0.717, 1.165) is 30.3 Å². The molecule has 0 fully saturated rings. The molecule has 0 aliphatic carbocycles. The molecule has 0 aliphatic rings. The van der Waals surface area contributed by atoms with Crippen LogP contribution in [0.15, 0.2) is 51.5 Å².